The van der Waals surface area contributed by atoms with Crippen LogP contribution in [0.2, 0.25) is 15.1 Å². The number of carbonyl (C=O) groups excluding carboxylic acids is 2. The Morgan fingerprint density at radius 2 is 1.52 bits per heavy atom. The van der Waals surface area contributed by atoms with E-state index in [1.54, 1.807) is 47.4 Å². The topological polar surface area (TPSA) is 86.8 Å². The Labute approximate surface area is 275 Å². The standard InChI is InChI=1S/C33H38Cl3N3O4S/c1-44(42,43)39(27-19-17-25(34)18-20-27)21-9-16-32(40)38(23-28-29(35)14-8-15-30(28)36)31(22-24-10-4-2-5-11-24)33(41)37-26-12-6-3-7-13-26/h2,4-5,8,10-11,14-15,17-20,26,31H,3,6-7,9,12-13,16,21-23H2,1H3,(H,37,41)/t31-/m1/s1. The first-order valence-electron chi connectivity index (χ1n) is 14.8. The van der Waals surface area contributed by atoms with Crippen molar-refractivity contribution in [1.29, 1.82) is 0 Å². The minimum atomic E-state index is -3.63. The Hall–Kier alpha value is -2.78. The molecule has 0 saturated heterocycles. The zero-order valence-corrected chi connectivity index (χ0v) is 27.8. The van der Waals surface area contributed by atoms with Gasteiger partial charge >= 0.3 is 0 Å². The number of hydrogen-bond donors (Lipinski definition) is 1. The molecule has 7 nitrogen and oxygen atoms in total. The molecule has 0 spiro atoms. The number of anilines is 1. The largest absolute Gasteiger partial charge is 0.352 e. The van der Waals surface area contributed by atoms with E-state index in [1.807, 2.05) is 30.3 Å². The fourth-order valence-electron chi connectivity index (χ4n) is 5.56. The second-order valence-electron chi connectivity index (χ2n) is 11.2. The first kappa shape index (κ1) is 34.1. The molecule has 2 amide bonds. The van der Waals surface area contributed by atoms with Crippen LogP contribution >= 0.6 is 34.8 Å². The van der Waals surface area contributed by atoms with Gasteiger partial charge in [0.05, 0.1) is 11.9 Å². The van der Waals surface area contributed by atoms with Gasteiger partial charge in [-0.1, -0.05) is 90.5 Å². The van der Waals surface area contributed by atoms with Crippen molar-refractivity contribution in [2.24, 2.45) is 0 Å². The predicted octanol–water partition coefficient (Wildman–Crippen LogP) is 7.28. The van der Waals surface area contributed by atoms with Crippen molar-refractivity contribution < 1.29 is 18.0 Å². The number of nitrogens with zero attached hydrogens (tertiary/aromatic N) is 2. The lowest BCUT2D eigenvalue weighted by atomic mass is 9.94. The maximum Gasteiger partial charge on any atom is 0.243 e. The molecule has 236 valence electrons. The quantitative estimate of drug-likeness (QED) is 0.206. The summed E-state index contributed by atoms with van der Waals surface area (Å²) in [6.45, 7) is 0.102. The van der Waals surface area contributed by atoms with E-state index >= 15 is 0 Å². The average Bonchev–Trinajstić information content (AvgIpc) is 2.99. The number of carbonyl (C=O) groups is 2. The fraction of sp³-hybridized carbons (Fsp3) is 0.394. The second-order valence-corrected chi connectivity index (χ2v) is 14.3. The van der Waals surface area contributed by atoms with E-state index < -0.39 is 16.1 Å². The average molecular weight is 679 g/mol. The number of hydrogen-bond acceptors (Lipinski definition) is 4. The molecule has 1 aliphatic rings. The van der Waals surface area contributed by atoms with Crippen molar-refractivity contribution >= 4 is 62.3 Å². The van der Waals surface area contributed by atoms with Crippen LogP contribution in [-0.2, 0) is 32.6 Å². The maximum atomic E-state index is 14.1. The van der Waals surface area contributed by atoms with E-state index in [1.165, 1.54) is 4.31 Å². The number of nitrogens with one attached hydrogen (secondary N) is 1. The summed E-state index contributed by atoms with van der Waals surface area (Å²) in [4.78, 5) is 29.6. The van der Waals surface area contributed by atoms with Gasteiger partial charge in [-0.15, -0.1) is 0 Å². The van der Waals surface area contributed by atoms with Gasteiger partial charge in [0.1, 0.15) is 6.04 Å². The number of amides is 2. The number of rotatable bonds is 13. The molecule has 11 heteroatoms. The van der Waals surface area contributed by atoms with Gasteiger partial charge in [0.25, 0.3) is 0 Å². The van der Waals surface area contributed by atoms with Crippen LogP contribution in [0.1, 0.15) is 56.1 Å². The summed E-state index contributed by atoms with van der Waals surface area (Å²) in [6, 6.07) is 20.4. The van der Waals surface area contributed by atoms with Crippen LogP contribution in [0.15, 0.2) is 72.8 Å². The van der Waals surface area contributed by atoms with Crippen molar-refractivity contribution in [3.63, 3.8) is 0 Å². The lowest BCUT2D eigenvalue weighted by Gasteiger charge is -2.34. The molecule has 0 aliphatic heterocycles. The Balaban J connectivity index is 1.62. The molecule has 44 heavy (non-hydrogen) atoms. The monoisotopic (exact) mass is 677 g/mol. The molecule has 0 aromatic heterocycles. The minimum absolute atomic E-state index is 0.00365. The van der Waals surface area contributed by atoms with Gasteiger partial charge in [-0.05, 0) is 61.2 Å². The van der Waals surface area contributed by atoms with Crippen LogP contribution in [0.3, 0.4) is 0 Å². The van der Waals surface area contributed by atoms with Crippen LogP contribution < -0.4 is 9.62 Å². The van der Waals surface area contributed by atoms with Crippen LogP contribution in [0.5, 0.6) is 0 Å². The van der Waals surface area contributed by atoms with Crippen molar-refractivity contribution in [3.05, 3.63) is 99.0 Å². The van der Waals surface area contributed by atoms with Gasteiger partial charge in [0.15, 0.2) is 0 Å². The third-order valence-corrected chi connectivity index (χ3v) is 10.0. The van der Waals surface area contributed by atoms with E-state index in [9.17, 15) is 18.0 Å². The Kier molecular flexibility index (Phi) is 12.4. The molecule has 4 rings (SSSR count). The second kappa shape index (κ2) is 16.0. The zero-order valence-electron chi connectivity index (χ0n) is 24.7. The van der Waals surface area contributed by atoms with Gasteiger partial charge in [0, 0.05) is 52.6 Å². The first-order valence-corrected chi connectivity index (χ1v) is 17.8. The molecule has 1 fully saturated rings. The van der Waals surface area contributed by atoms with Gasteiger partial charge in [-0.3, -0.25) is 13.9 Å². The highest BCUT2D eigenvalue weighted by Crippen LogP contribution is 2.28. The molecule has 1 N–H and O–H groups in total. The third-order valence-electron chi connectivity index (χ3n) is 7.88. The maximum absolute atomic E-state index is 14.1. The van der Waals surface area contributed by atoms with Crippen molar-refractivity contribution in [2.75, 3.05) is 17.1 Å². The Bertz CT molecular complexity index is 1490. The number of sulfonamides is 1. The van der Waals surface area contributed by atoms with E-state index in [4.69, 9.17) is 34.8 Å². The van der Waals surface area contributed by atoms with Gasteiger partial charge in [0.2, 0.25) is 21.8 Å². The summed E-state index contributed by atoms with van der Waals surface area (Å²) < 4.78 is 26.5. The van der Waals surface area contributed by atoms with Crippen LogP contribution in [0, 0.1) is 0 Å². The van der Waals surface area contributed by atoms with E-state index in [0.717, 1.165) is 43.9 Å². The molecule has 1 saturated carbocycles. The Morgan fingerprint density at radius 1 is 0.886 bits per heavy atom. The van der Waals surface area contributed by atoms with E-state index in [-0.39, 0.29) is 43.8 Å². The molecule has 0 heterocycles. The summed E-state index contributed by atoms with van der Waals surface area (Å²) in [6.07, 6.45) is 6.71. The summed E-state index contributed by atoms with van der Waals surface area (Å²) in [7, 11) is -3.63. The summed E-state index contributed by atoms with van der Waals surface area (Å²) >= 11 is 19.1. The smallest absolute Gasteiger partial charge is 0.243 e. The molecule has 3 aromatic rings. The summed E-state index contributed by atoms with van der Waals surface area (Å²) in [5.41, 5.74) is 1.91. The molecule has 0 bridgehead atoms. The molecule has 1 atom stereocenters. The fourth-order valence-corrected chi connectivity index (χ4v) is 7.17. The third kappa shape index (κ3) is 9.61. The van der Waals surface area contributed by atoms with Crippen LogP contribution in [-0.4, -0.2) is 50.0 Å². The van der Waals surface area contributed by atoms with Gasteiger partial charge < -0.3 is 10.2 Å². The first-order chi connectivity index (χ1) is 21.0. The molecule has 3 aromatic carbocycles. The normalized spacial score (nSPS) is 14.5. The number of benzene rings is 3. The molecule has 0 unspecified atom stereocenters. The van der Waals surface area contributed by atoms with E-state index in [0.29, 0.717) is 32.7 Å². The van der Waals surface area contributed by atoms with Gasteiger partial charge in [-0.25, -0.2) is 8.42 Å². The highest BCUT2D eigenvalue weighted by atomic mass is 35.5. The van der Waals surface area contributed by atoms with Gasteiger partial charge in [-0.2, -0.15) is 0 Å². The Morgan fingerprint density at radius 3 is 2.14 bits per heavy atom. The summed E-state index contributed by atoms with van der Waals surface area (Å²) in [5, 5.41) is 4.49. The molecule has 0 radical (unpaired) electrons. The lowest BCUT2D eigenvalue weighted by Crippen LogP contribution is -2.53. The molecular formula is C33H38Cl3N3O4S. The lowest BCUT2D eigenvalue weighted by molar-refractivity contribution is -0.141. The SMILES string of the molecule is CS(=O)(=O)N(CCCC(=O)N(Cc1c(Cl)cccc1Cl)[C@H](Cc1ccccc1)C(=O)NC1CCCCC1)c1ccc(Cl)cc1. The van der Waals surface area contributed by atoms with E-state index in [2.05, 4.69) is 5.32 Å². The molecular weight excluding hydrogens is 641 g/mol. The van der Waals surface area contributed by atoms with Crippen LogP contribution in [0.25, 0.3) is 0 Å². The molecule has 1 aliphatic carbocycles. The van der Waals surface area contributed by atoms with Crippen molar-refractivity contribution in [2.45, 2.75) is 70.0 Å². The minimum Gasteiger partial charge on any atom is -0.352 e. The zero-order chi connectivity index (χ0) is 31.7. The highest BCUT2D eigenvalue weighted by Gasteiger charge is 2.33. The summed E-state index contributed by atoms with van der Waals surface area (Å²) in [5.74, 6) is -0.526. The van der Waals surface area contributed by atoms with Crippen LogP contribution in [0.4, 0.5) is 5.69 Å². The predicted molar refractivity (Wildman–Crippen MR) is 179 cm³/mol. The number of halogens is 3. The highest BCUT2D eigenvalue weighted by molar-refractivity contribution is 7.92. The van der Waals surface area contributed by atoms with Crippen molar-refractivity contribution in [1.82, 2.24) is 10.2 Å². The van der Waals surface area contributed by atoms with Crippen molar-refractivity contribution in [3.8, 4) is 0 Å².